The van der Waals surface area contributed by atoms with Gasteiger partial charge in [0.15, 0.2) is 0 Å². The van der Waals surface area contributed by atoms with Crippen LogP contribution in [0.4, 0.5) is 0 Å². The van der Waals surface area contributed by atoms with Gasteiger partial charge in [-0.3, -0.25) is 14.4 Å². The molecule has 8 heteroatoms. The number of hydrogen-bond acceptors (Lipinski definition) is 5. The van der Waals surface area contributed by atoms with E-state index in [-0.39, 0.29) is 29.2 Å². The summed E-state index contributed by atoms with van der Waals surface area (Å²) in [5.74, 6) is 1.19. The fourth-order valence-electron chi connectivity index (χ4n) is 4.53. The summed E-state index contributed by atoms with van der Waals surface area (Å²) in [5, 5.41) is 0. The first kappa shape index (κ1) is 23.4. The smallest absolute Gasteiger partial charge is 0.251 e. The molecule has 1 atom stereocenters. The molecule has 0 spiro atoms. The zero-order valence-electron chi connectivity index (χ0n) is 19.3. The highest BCUT2D eigenvalue weighted by Crippen LogP contribution is 2.30. The number of rotatable bonds is 5. The van der Waals surface area contributed by atoms with E-state index >= 15 is 0 Å². The van der Waals surface area contributed by atoms with Crippen LogP contribution in [0.1, 0.15) is 76.2 Å². The third-order valence-corrected chi connectivity index (χ3v) is 6.30. The van der Waals surface area contributed by atoms with Crippen LogP contribution in [0, 0.1) is 5.41 Å². The predicted molar refractivity (Wildman–Crippen MR) is 118 cm³/mol. The fraction of sp³-hybridized carbons (Fsp3) is 0.739. The largest absolute Gasteiger partial charge is 0.384 e. The van der Waals surface area contributed by atoms with E-state index in [1.165, 1.54) is 0 Å². The minimum Gasteiger partial charge on any atom is -0.384 e. The molecule has 0 saturated carbocycles. The molecule has 1 N–H and O–H groups in total. The lowest BCUT2D eigenvalue weighted by molar-refractivity contribution is -0.140. The molecule has 0 unspecified atom stereocenters. The average Bonchev–Trinajstić information content (AvgIpc) is 2.76. The fourth-order valence-corrected chi connectivity index (χ4v) is 4.53. The third kappa shape index (κ3) is 5.93. The van der Waals surface area contributed by atoms with Crippen LogP contribution in [0.2, 0.25) is 0 Å². The van der Waals surface area contributed by atoms with E-state index in [9.17, 15) is 14.4 Å². The van der Waals surface area contributed by atoms with E-state index in [2.05, 4.69) is 4.98 Å². The molecule has 8 nitrogen and oxygen atoms in total. The number of likely N-dealkylation sites (tertiary alicyclic amines) is 2. The monoisotopic (exact) mass is 432 g/mol. The van der Waals surface area contributed by atoms with Gasteiger partial charge in [-0.25, -0.2) is 4.98 Å². The van der Waals surface area contributed by atoms with E-state index in [1.807, 2.05) is 30.6 Å². The number of ether oxygens (including phenoxy) is 1. The molecule has 1 aromatic rings. The zero-order chi connectivity index (χ0) is 22.6. The van der Waals surface area contributed by atoms with Crippen molar-refractivity contribution >= 4 is 11.8 Å². The molecule has 3 rings (SSSR count). The number of amides is 2. The van der Waals surface area contributed by atoms with Crippen molar-refractivity contribution in [3.05, 3.63) is 27.9 Å². The summed E-state index contributed by atoms with van der Waals surface area (Å²) in [5.41, 5.74) is 0.227. The molecule has 0 aliphatic carbocycles. The van der Waals surface area contributed by atoms with Gasteiger partial charge in [0, 0.05) is 56.6 Å². The molecule has 0 aromatic carbocycles. The topological polar surface area (TPSA) is 95.6 Å². The van der Waals surface area contributed by atoms with Gasteiger partial charge in [-0.05, 0) is 25.7 Å². The summed E-state index contributed by atoms with van der Waals surface area (Å²) in [6.45, 7) is 8.96. The third-order valence-electron chi connectivity index (χ3n) is 6.30. The lowest BCUT2D eigenvalue weighted by Crippen LogP contribution is -2.45. The molecule has 172 valence electrons. The Morgan fingerprint density at radius 2 is 1.84 bits per heavy atom. The summed E-state index contributed by atoms with van der Waals surface area (Å²) < 4.78 is 5.00. The molecule has 31 heavy (non-hydrogen) atoms. The van der Waals surface area contributed by atoms with Crippen LogP contribution in [-0.2, 0) is 14.3 Å². The molecular weight excluding hydrogens is 396 g/mol. The summed E-state index contributed by atoms with van der Waals surface area (Å²) in [6, 6.07) is 1.59. The van der Waals surface area contributed by atoms with Crippen molar-refractivity contribution in [2.24, 2.45) is 5.41 Å². The molecule has 2 saturated heterocycles. The first-order valence-corrected chi connectivity index (χ1v) is 11.4. The van der Waals surface area contributed by atoms with E-state index in [4.69, 9.17) is 9.72 Å². The number of hydrogen-bond donors (Lipinski definition) is 1. The maximum atomic E-state index is 12.7. The Kier molecular flexibility index (Phi) is 7.51. The van der Waals surface area contributed by atoms with Crippen LogP contribution in [0.25, 0.3) is 0 Å². The Balaban J connectivity index is 1.68. The lowest BCUT2D eigenvalue weighted by Gasteiger charge is -2.36. The second kappa shape index (κ2) is 9.94. The maximum Gasteiger partial charge on any atom is 0.251 e. The number of nitrogens with zero attached hydrogens (tertiary/aromatic N) is 3. The first-order valence-electron chi connectivity index (χ1n) is 11.4. The Morgan fingerprint density at radius 1 is 1.13 bits per heavy atom. The zero-order valence-corrected chi connectivity index (χ0v) is 19.3. The van der Waals surface area contributed by atoms with Gasteiger partial charge >= 0.3 is 0 Å². The van der Waals surface area contributed by atoms with Gasteiger partial charge in [0.1, 0.15) is 5.82 Å². The number of carbonyl (C=O) groups excluding carboxylic acids is 2. The SMILES string of the molecule is COCCC(=O)N1CCC(c2nc([C@H]3CCCN(C(=O)C(C)(C)C)C3)cc(=O)[nH]2)CC1. The highest BCUT2D eigenvalue weighted by atomic mass is 16.5. The van der Waals surface area contributed by atoms with Crippen molar-refractivity contribution < 1.29 is 14.3 Å². The summed E-state index contributed by atoms with van der Waals surface area (Å²) in [7, 11) is 1.60. The number of carbonyl (C=O) groups is 2. The normalized spacial score (nSPS) is 20.7. The number of H-pyrrole nitrogens is 1. The highest BCUT2D eigenvalue weighted by molar-refractivity contribution is 5.81. The van der Waals surface area contributed by atoms with Gasteiger partial charge in [-0.1, -0.05) is 20.8 Å². The number of aromatic amines is 1. The van der Waals surface area contributed by atoms with Crippen molar-refractivity contribution in [3.8, 4) is 0 Å². The van der Waals surface area contributed by atoms with E-state index in [1.54, 1.807) is 13.2 Å². The minimum atomic E-state index is -0.413. The van der Waals surface area contributed by atoms with Crippen LogP contribution in [-0.4, -0.2) is 71.5 Å². The molecular formula is C23H36N4O4. The Bertz CT molecular complexity index is 837. The standard InChI is InChI=1S/C23H36N4O4/c1-23(2,3)22(30)27-10-5-6-17(15-27)18-14-19(28)25-21(24-18)16-7-11-26(12-8-16)20(29)9-13-31-4/h14,16-17H,5-13,15H2,1-4H3,(H,24,25,28)/t17-/m0/s1. The average molecular weight is 433 g/mol. The van der Waals surface area contributed by atoms with Crippen LogP contribution in [0.15, 0.2) is 10.9 Å². The number of methoxy groups -OCH3 is 1. The molecule has 2 amide bonds. The molecule has 0 bridgehead atoms. The molecule has 2 fully saturated rings. The molecule has 2 aliphatic rings. The van der Waals surface area contributed by atoms with Crippen molar-refractivity contribution in [1.29, 1.82) is 0 Å². The molecule has 2 aliphatic heterocycles. The summed E-state index contributed by atoms with van der Waals surface area (Å²) >= 11 is 0. The van der Waals surface area contributed by atoms with Crippen LogP contribution < -0.4 is 5.56 Å². The van der Waals surface area contributed by atoms with Crippen molar-refractivity contribution in [3.63, 3.8) is 0 Å². The number of aromatic nitrogens is 2. The number of nitrogens with one attached hydrogen (secondary N) is 1. The summed E-state index contributed by atoms with van der Waals surface area (Å²) in [4.78, 5) is 48.9. The van der Waals surface area contributed by atoms with Crippen molar-refractivity contribution in [2.45, 2.75) is 64.7 Å². The van der Waals surface area contributed by atoms with Crippen molar-refractivity contribution in [2.75, 3.05) is 39.9 Å². The Morgan fingerprint density at radius 3 is 2.48 bits per heavy atom. The van der Waals surface area contributed by atoms with Gasteiger partial charge in [-0.15, -0.1) is 0 Å². The van der Waals surface area contributed by atoms with Gasteiger partial charge in [0.2, 0.25) is 11.8 Å². The highest BCUT2D eigenvalue weighted by Gasteiger charge is 2.32. The second-order valence-corrected chi connectivity index (χ2v) is 9.79. The first-order chi connectivity index (χ1) is 14.7. The van der Waals surface area contributed by atoms with Crippen LogP contribution in [0.5, 0.6) is 0 Å². The predicted octanol–water partition coefficient (Wildman–Crippen LogP) is 2.26. The number of piperidine rings is 2. The van der Waals surface area contributed by atoms with E-state index < -0.39 is 5.41 Å². The molecule has 0 radical (unpaired) electrons. The Hall–Kier alpha value is -2.22. The minimum absolute atomic E-state index is 0.0804. The quantitative estimate of drug-likeness (QED) is 0.770. The van der Waals surface area contributed by atoms with Crippen LogP contribution in [0.3, 0.4) is 0 Å². The maximum absolute atomic E-state index is 12.7. The molecule has 3 heterocycles. The molecule has 1 aromatic heterocycles. The van der Waals surface area contributed by atoms with Gasteiger partial charge < -0.3 is 19.5 Å². The van der Waals surface area contributed by atoms with Gasteiger partial charge in [-0.2, -0.15) is 0 Å². The lowest BCUT2D eigenvalue weighted by atomic mass is 9.89. The van der Waals surface area contributed by atoms with Gasteiger partial charge in [0.05, 0.1) is 18.7 Å². The second-order valence-electron chi connectivity index (χ2n) is 9.79. The van der Waals surface area contributed by atoms with E-state index in [0.29, 0.717) is 38.5 Å². The van der Waals surface area contributed by atoms with Crippen molar-refractivity contribution in [1.82, 2.24) is 19.8 Å². The van der Waals surface area contributed by atoms with E-state index in [0.717, 1.165) is 37.9 Å². The Labute approximate surface area is 184 Å². The summed E-state index contributed by atoms with van der Waals surface area (Å²) in [6.07, 6.45) is 3.81. The van der Waals surface area contributed by atoms with Gasteiger partial charge in [0.25, 0.3) is 5.56 Å². The van der Waals surface area contributed by atoms with Crippen LogP contribution >= 0.6 is 0 Å².